The number of fused-ring (bicyclic) bond motifs is 2. The first-order valence-electron chi connectivity index (χ1n) is 25.3. The fourth-order valence-electron chi connectivity index (χ4n) is 8.75. The third-order valence-electron chi connectivity index (χ3n) is 13.3. The van der Waals surface area contributed by atoms with Crippen LogP contribution in [0.25, 0.3) is 67.5 Å². The molecule has 9 heterocycles. The number of hydrogen-bond donors (Lipinski definition) is 4. The van der Waals surface area contributed by atoms with Gasteiger partial charge in [0, 0.05) is 85.7 Å². The number of halogens is 3. The summed E-state index contributed by atoms with van der Waals surface area (Å²) in [6, 6.07) is 20.8. The molecule has 0 spiro atoms. The molecule has 21 heteroatoms. The normalized spacial score (nSPS) is 13.2. The number of anilines is 1. The van der Waals surface area contributed by atoms with Crippen molar-refractivity contribution >= 4 is 39.8 Å². The number of aromatic nitrogens is 12. The van der Waals surface area contributed by atoms with E-state index in [0.29, 0.717) is 99.4 Å². The van der Waals surface area contributed by atoms with Crippen molar-refractivity contribution in [3.8, 4) is 45.2 Å². The van der Waals surface area contributed by atoms with E-state index in [0.717, 1.165) is 27.9 Å². The molecule has 2 amide bonds. The molecular weight excluding hydrogens is 1000 g/mol. The summed E-state index contributed by atoms with van der Waals surface area (Å²) in [5.41, 5.74) is 9.16. The first kappa shape index (κ1) is 52.3. The highest BCUT2D eigenvalue weighted by molar-refractivity contribution is 5.94. The van der Waals surface area contributed by atoms with Crippen LogP contribution in [0.1, 0.15) is 98.1 Å². The number of pyridine rings is 4. The van der Waals surface area contributed by atoms with Crippen molar-refractivity contribution in [2.45, 2.75) is 84.5 Å². The van der Waals surface area contributed by atoms with Crippen LogP contribution >= 0.6 is 0 Å². The van der Waals surface area contributed by atoms with Gasteiger partial charge in [0.25, 0.3) is 17.6 Å². The van der Waals surface area contributed by atoms with Crippen molar-refractivity contribution in [2.24, 2.45) is 7.05 Å². The lowest BCUT2D eigenvalue weighted by molar-refractivity contribution is 0.0932. The number of alkyl halides is 1. The predicted molar refractivity (Wildman–Crippen MR) is 289 cm³/mol. The van der Waals surface area contributed by atoms with Crippen LogP contribution in [0.3, 0.4) is 0 Å². The molecule has 0 saturated carbocycles. The molecule has 2 aromatic carbocycles. The fourth-order valence-corrected chi connectivity index (χ4v) is 8.75. The average Bonchev–Trinajstić information content (AvgIpc) is 4.27. The Morgan fingerprint density at radius 3 is 1.82 bits per heavy atom. The zero-order valence-corrected chi connectivity index (χ0v) is 44.0. The van der Waals surface area contributed by atoms with Gasteiger partial charge in [-0.05, 0) is 77.4 Å². The van der Waals surface area contributed by atoms with Crippen LogP contribution in [-0.2, 0) is 31.0 Å². The zero-order chi connectivity index (χ0) is 54.9. The molecule has 0 bridgehead atoms. The van der Waals surface area contributed by atoms with E-state index in [9.17, 15) is 14.0 Å². The van der Waals surface area contributed by atoms with Crippen LogP contribution in [0, 0.1) is 11.6 Å². The Labute approximate surface area is 446 Å². The van der Waals surface area contributed by atoms with E-state index >= 15 is 8.78 Å². The summed E-state index contributed by atoms with van der Waals surface area (Å²) in [6.07, 6.45) is 10.6. The fraction of sp³-hybridized carbons (Fsp3) is 0.281. The summed E-state index contributed by atoms with van der Waals surface area (Å²) in [4.78, 5) is 64.5. The number of nitrogens with one attached hydrogen (secondary N) is 4. The van der Waals surface area contributed by atoms with E-state index < -0.39 is 29.1 Å². The van der Waals surface area contributed by atoms with Crippen molar-refractivity contribution in [2.75, 3.05) is 18.0 Å². The Kier molecular flexibility index (Phi) is 14.4. The minimum Gasteiger partial charge on any atom is -0.370 e. The quantitative estimate of drug-likeness (QED) is 0.0947. The molecule has 398 valence electrons. The van der Waals surface area contributed by atoms with Crippen molar-refractivity contribution in [1.82, 2.24) is 70.4 Å². The molecule has 10 aromatic rings. The van der Waals surface area contributed by atoms with Gasteiger partial charge < -0.3 is 30.0 Å². The Bertz CT molecular complexity index is 3790. The maximum absolute atomic E-state index is 15.2. The molecular formula is C57H56F3N15O3. The first-order valence-corrected chi connectivity index (χ1v) is 25.3. The lowest BCUT2D eigenvalue weighted by Gasteiger charge is -2.30. The Morgan fingerprint density at radius 2 is 1.29 bits per heavy atom. The number of rotatable bonds is 11. The van der Waals surface area contributed by atoms with Gasteiger partial charge in [0.2, 0.25) is 5.89 Å². The minimum absolute atomic E-state index is 0.0439. The third kappa shape index (κ3) is 11.5. The number of benzene rings is 2. The Balaban J connectivity index is 0.000000179. The summed E-state index contributed by atoms with van der Waals surface area (Å²) >= 11 is 0. The number of nitrogens with zero attached hydrogens (tertiary/aromatic N) is 11. The van der Waals surface area contributed by atoms with Crippen LogP contribution in [0.5, 0.6) is 0 Å². The Hall–Kier alpha value is -9.14. The smallest absolute Gasteiger partial charge is 0.292 e. The van der Waals surface area contributed by atoms with E-state index in [1.807, 2.05) is 64.3 Å². The molecule has 0 radical (unpaired) electrons. The lowest BCUT2D eigenvalue weighted by Crippen LogP contribution is -2.34. The maximum atomic E-state index is 15.2. The average molecular weight is 1060 g/mol. The molecule has 1 aliphatic heterocycles. The molecule has 0 aliphatic carbocycles. The van der Waals surface area contributed by atoms with Gasteiger partial charge in [0.15, 0.2) is 17.1 Å². The molecule has 4 N–H and O–H groups in total. The van der Waals surface area contributed by atoms with Gasteiger partial charge >= 0.3 is 0 Å². The van der Waals surface area contributed by atoms with E-state index in [1.165, 1.54) is 12.1 Å². The van der Waals surface area contributed by atoms with Gasteiger partial charge in [0.1, 0.15) is 35.0 Å². The number of amides is 2. The van der Waals surface area contributed by atoms with E-state index in [4.69, 9.17) is 4.52 Å². The summed E-state index contributed by atoms with van der Waals surface area (Å²) in [6.45, 7) is 13.3. The van der Waals surface area contributed by atoms with Gasteiger partial charge in [-0.2, -0.15) is 10.1 Å². The van der Waals surface area contributed by atoms with Crippen molar-refractivity contribution < 1.29 is 27.3 Å². The second-order valence-electron chi connectivity index (χ2n) is 21.1. The van der Waals surface area contributed by atoms with E-state index in [1.54, 1.807) is 66.0 Å². The number of aromatic amines is 2. The second kappa shape index (κ2) is 21.5. The number of imidazole rings is 2. The van der Waals surface area contributed by atoms with Gasteiger partial charge in [-0.25, -0.2) is 33.1 Å². The highest BCUT2D eigenvalue weighted by atomic mass is 19.1. The monoisotopic (exact) mass is 1060 g/mol. The molecule has 11 rings (SSSR count). The molecule has 1 aliphatic rings. The van der Waals surface area contributed by atoms with Gasteiger partial charge in [-0.3, -0.25) is 24.2 Å². The summed E-state index contributed by atoms with van der Waals surface area (Å²) < 4.78 is 50.5. The highest BCUT2D eigenvalue weighted by Gasteiger charge is 2.25. The molecule has 18 nitrogen and oxygen atoms in total. The number of H-pyrrole nitrogens is 2. The number of aryl methyl sites for hydroxylation is 1. The zero-order valence-electron chi connectivity index (χ0n) is 44.0. The minimum atomic E-state index is -0.735. The number of carbonyl (C=O) groups is 2. The standard InChI is InChI=1S/C30H30F2N8O2.C27H26FN7O/c1-30(2,3)29-38-27(39-42-29)28(41)35-15-18-5-4-17(14-22(18)32)21-8-11-33-26-24(21)36-25(37-26)23-7-6-20(16-34-23)40-12-9-19(31)10-13-40;1-27(2,3)19-7-8-22(30-14-19)26(36)31-12-17-6-5-16(11-21(17)28)20-9-10-29-25-23(20)33-24(34-25)18-13-32-35(4)15-18/h4-8,11,14,16,19H,9-10,12-13,15H2,1-3H3,(H,35,41)(H,33,36,37);5-11,13-15H,12H2,1-4H3,(H,31,36)(H,29,33,34). The largest absolute Gasteiger partial charge is 0.370 e. The summed E-state index contributed by atoms with van der Waals surface area (Å²) in [7, 11) is 1.84. The van der Waals surface area contributed by atoms with Gasteiger partial charge in [-0.15, -0.1) is 0 Å². The van der Waals surface area contributed by atoms with Crippen molar-refractivity contribution in [3.05, 3.63) is 156 Å². The summed E-state index contributed by atoms with van der Waals surface area (Å²) in [5.74, 6) is -0.374. The number of carbonyl (C=O) groups excluding carboxylic acids is 2. The molecule has 8 aromatic heterocycles. The lowest BCUT2D eigenvalue weighted by atomic mass is 9.88. The third-order valence-corrected chi connectivity index (χ3v) is 13.3. The van der Waals surface area contributed by atoms with Gasteiger partial charge in [-0.1, -0.05) is 77.0 Å². The maximum Gasteiger partial charge on any atom is 0.292 e. The van der Waals surface area contributed by atoms with Gasteiger partial charge in [0.05, 0.1) is 34.7 Å². The first-order chi connectivity index (χ1) is 37.3. The molecule has 1 fully saturated rings. The van der Waals surface area contributed by atoms with Crippen molar-refractivity contribution in [3.63, 3.8) is 0 Å². The molecule has 0 unspecified atom stereocenters. The SMILES string of the molecule is CC(C)(C)c1nc(C(=O)NCc2ccc(-c3ccnc4nc(-c5ccc(N6CCC(F)CC6)cn5)[nH]c34)cc2F)no1.Cn1cc(-c2nc3nccc(-c4ccc(CNC(=O)c5ccc(C(C)(C)C)cn5)c(F)c4)c3[nH]2)cn1. The second-order valence-corrected chi connectivity index (χ2v) is 21.1. The van der Waals surface area contributed by atoms with E-state index in [2.05, 4.69) is 91.4 Å². The molecule has 0 atom stereocenters. The van der Waals surface area contributed by atoms with Crippen LogP contribution < -0.4 is 15.5 Å². The van der Waals surface area contributed by atoms with E-state index in [-0.39, 0.29) is 30.2 Å². The predicted octanol–water partition coefficient (Wildman–Crippen LogP) is 10.2. The van der Waals surface area contributed by atoms with Crippen LogP contribution in [0.4, 0.5) is 18.9 Å². The van der Waals surface area contributed by atoms with Crippen LogP contribution in [-0.4, -0.2) is 90.9 Å². The van der Waals surface area contributed by atoms with Crippen LogP contribution in [0.15, 0.2) is 115 Å². The summed E-state index contributed by atoms with van der Waals surface area (Å²) in [5, 5.41) is 13.3. The number of hydrogen-bond acceptors (Lipinski definition) is 13. The molecule has 1 saturated heterocycles. The van der Waals surface area contributed by atoms with Crippen LogP contribution in [0.2, 0.25) is 0 Å². The Morgan fingerprint density at radius 1 is 0.679 bits per heavy atom. The highest BCUT2D eigenvalue weighted by Crippen LogP contribution is 2.32. The topological polar surface area (TPSA) is 227 Å². The van der Waals surface area contributed by atoms with Crippen molar-refractivity contribution in [1.29, 1.82) is 0 Å². The number of piperidine rings is 1. The molecule has 78 heavy (non-hydrogen) atoms.